The number of methoxy groups -OCH3 is 1. The van der Waals surface area contributed by atoms with Gasteiger partial charge in [-0.1, -0.05) is 31.1 Å². The van der Waals surface area contributed by atoms with Gasteiger partial charge < -0.3 is 25.4 Å². The number of nitrogens with zero attached hydrogens (tertiary/aromatic N) is 3. The molecule has 0 unspecified atom stereocenters. The second-order valence-electron chi connectivity index (χ2n) is 8.60. The van der Waals surface area contributed by atoms with Crippen LogP contribution in [0.5, 0.6) is 0 Å². The number of amides is 2. The lowest BCUT2D eigenvalue weighted by molar-refractivity contribution is -0.147. The molecule has 0 aliphatic rings. The number of azide groups is 1. The van der Waals surface area contributed by atoms with Crippen LogP contribution < -0.4 is 16.0 Å². The first-order valence-electron chi connectivity index (χ1n) is 12.9. The average Bonchev–Trinajstić information content (AvgIpc) is 2.91. The van der Waals surface area contributed by atoms with Crippen LogP contribution in [0.4, 0.5) is 0 Å². The minimum Gasteiger partial charge on any atom is -0.468 e. The molecule has 0 saturated heterocycles. The molecule has 3 atom stereocenters. The number of ether oxygens (including phenoxy) is 2. The van der Waals surface area contributed by atoms with Gasteiger partial charge in [-0.2, -0.15) is 0 Å². The van der Waals surface area contributed by atoms with Crippen molar-refractivity contribution in [3.63, 3.8) is 0 Å². The Morgan fingerprint density at radius 3 is 2.29 bits per heavy atom. The SMILES string of the molecule is C=CCOC(=O)[C@@H](CCCCNC(=O)CCC(=O)CCCC[C@@H](NC)C(=O)OC)NC(=O)[C@H](CC)N=[N+]=[N-]. The van der Waals surface area contributed by atoms with Crippen LogP contribution in [0.2, 0.25) is 0 Å². The van der Waals surface area contributed by atoms with Gasteiger partial charge in [0, 0.05) is 30.7 Å². The third-order valence-electron chi connectivity index (χ3n) is 5.73. The number of hydrogen-bond acceptors (Lipinski definition) is 9. The fraction of sp³-hybridized carbons (Fsp3) is 0.720. The number of unbranched alkanes of at least 4 members (excludes halogenated alkanes) is 2. The molecular formula is C25H42N6O7. The first kappa shape index (κ1) is 34.6. The van der Waals surface area contributed by atoms with Crippen molar-refractivity contribution in [2.45, 2.75) is 89.3 Å². The summed E-state index contributed by atoms with van der Waals surface area (Å²) in [5, 5.41) is 11.6. The summed E-state index contributed by atoms with van der Waals surface area (Å²) < 4.78 is 9.74. The van der Waals surface area contributed by atoms with E-state index in [4.69, 9.17) is 15.0 Å². The van der Waals surface area contributed by atoms with Gasteiger partial charge in [-0.15, -0.1) is 0 Å². The normalized spacial score (nSPS) is 12.7. The summed E-state index contributed by atoms with van der Waals surface area (Å²) in [4.78, 5) is 62.9. The molecule has 0 aliphatic heterocycles. The van der Waals surface area contributed by atoms with Gasteiger partial charge in [-0.25, -0.2) is 4.79 Å². The smallest absolute Gasteiger partial charge is 0.328 e. The molecular weight excluding hydrogens is 496 g/mol. The lowest BCUT2D eigenvalue weighted by Gasteiger charge is -2.19. The van der Waals surface area contributed by atoms with Gasteiger partial charge in [0.1, 0.15) is 30.5 Å². The van der Waals surface area contributed by atoms with E-state index < -0.39 is 30.0 Å². The quantitative estimate of drug-likeness (QED) is 0.0467. The molecule has 0 spiro atoms. The predicted molar refractivity (Wildman–Crippen MR) is 141 cm³/mol. The van der Waals surface area contributed by atoms with Crippen LogP contribution in [0, 0.1) is 0 Å². The Bertz CT molecular complexity index is 829. The zero-order chi connectivity index (χ0) is 28.8. The number of rotatable bonds is 22. The minimum atomic E-state index is -0.929. The lowest BCUT2D eigenvalue weighted by Crippen LogP contribution is -2.45. The maximum Gasteiger partial charge on any atom is 0.328 e. The standard InChI is InChI=1S/C25H42N6O7/c1-5-17-38-25(36)21(29-23(34)19(6-2)30-31-26)13-9-10-16-28-22(33)15-14-18(32)11-7-8-12-20(27-3)24(35)37-4/h5,19-21,27H,1,6-17H2,2-4H3,(H,28,33)(H,29,34)/t19-,20+,21+/m0/s1. The molecule has 3 N–H and O–H groups in total. The molecule has 0 aromatic carbocycles. The Hall–Kier alpha value is -3.44. The van der Waals surface area contributed by atoms with Crippen LogP contribution in [0.3, 0.4) is 0 Å². The molecule has 0 aliphatic carbocycles. The van der Waals surface area contributed by atoms with Crippen molar-refractivity contribution in [2.75, 3.05) is 27.3 Å². The Morgan fingerprint density at radius 2 is 1.68 bits per heavy atom. The molecule has 38 heavy (non-hydrogen) atoms. The number of hydrogen-bond donors (Lipinski definition) is 3. The number of carbonyl (C=O) groups is 5. The number of esters is 2. The summed E-state index contributed by atoms with van der Waals surface area (Å²) >= 11 is 0. The van der Waals surface area contributed by atoms with Gasteiger partial charge in [0.2, 0.25) is 11.8 Å². The van der Waals surface area contributed by atoms with Gasteiger partial charge in [-0.3, -0.25) is 19.2 Å². The summed E-state index contributed by atoms with van der Waals surface area (Å²) in [6, 6.07) is -2.24. The van der Waals surface area contributed by atoms with Crippen LogP contribution in [-0.2, 0) is 33.4 Å². The second kappa shape index (κ2) is 21.6. The summed E-state index contributed by atoms with van der Waals surface area (Å²) in [6.45, 7) is 5.52. The molecule has 214 valence electrons. The van der Waals surface area contributed by atoms with Gasteiger partial charge in [0.25, 0.3) is 0 Å². The summed E-state index contributed by atoms with van der Waals surface area (Å²) in [5.41, 5.74) is 8.60. The van der Waals surface area contributed by atoms with Crippen LogP contribution >= 0.6 is 0 Å². The fourth-order valence-electron chi connectivity index (χ4n) is 3.50. The highest BCUT2D eigenvalue weighted by molar-refractivity contribution is 5.87. The van der Waals surface area contributed by atoms with Crippen LogP contribution in [-0.4, -0.2) is 75.0 Å². The molecule has 0 bridgehead atoms. The maximum atomic E-state index is 12.3. The lowest BCUT2D eigenvalue weighted by atomic mass is 10.0. The van der Waals surface area contributed by atoms with Gasteiger partial charge in [0.05, 0.1) is 7.11 Å². The van der Waals surface area contributed by atoms with E-state index in [0.29, 0.717) is 45.1 Å². The molecule has 0 fully saturated rings. The topological polar surface area (TPSA) is 189 Å². The Balaban J connectivity index is 4.32. The van der Waals surface area contributed by atoms with E-state index in [1.165, 1.54) is 13.2 Å². The van der Waals surface area contributed by atoms with Gasteiger partial charge in [-0.05, 0) is 51.1 Å². The first-order valence-corrected chi connectivity index (χ1v) is 12.9. The summed E-state index contributed by atoms with van der Waals surface area (Å²) in [7, 11) is 3.01. The Morgan fingerprint density at radius 1 is 1.00 bits per heavy atom. The van der Waals surface area contributed by atoms with Gasteiger partial charge >= 0.3 is 11.9 Å². The molecule has 0 rings (SSSR count). The van der Waals surface area contributed by atoms with E-state index in [1.807, 2.05) is 0 Å². The zero-order valence-corrected chi connectivity index (χ0v) is 22.7. The van der Waals surface area contributed by atoms with Crippen molar-refractivity contribution in [3.8, 4) is 0 Å². The molecule has 13 heteroatoms. The van der Waals surface area contributed by atoms with E-state index in [-0.39, 0.29) is 49.9 Å². The van der Waals surface area contributed by atoms with Crippen molar-refractivity contribution in [1.29, 1.82) is 0 Å². The highest BCUT2D eigenvalue weighted by atomic mass is 16.5. The molecule has 13 nitrogen and oxygen atoms in total. The van der Waals surface area contributed by atoms with E-state index in [0.717, 1.165) is 0 Å². The predicted octanol–water partition coefficient (Wildman–Crippen LogP) is 2.25. The van der Waals surface area contributed by atoms with E-state index in [9.17, 15) is 24.0 Å². The molecule has 2 amide bonds. The monoisotopic (exact) mass is 538 g/mol. The largest absolute Gasteiger partial charge is 0.468 e. The maximum absolute atomic E-state index is 12.3. The van der Waals surface area contributed by atoms with E-state index >= 15 is 0 Å². The van der Waals surface area contributed by atoms with E-state index in [2.05, 4.69) is 32.6 Å². The second-order valence-corrected chi connectivity index (χ2v) is 8.60. The number of ketones is 1. The number of likely N-dealkylation sites (N-methyl/N-ethyl adjacent to an activating group) is 1. The Kier molecular flexibility index (Phi) is 19.7. The summed E-state index contributed by atoms with van der Waals surface area (Å²) in [5.74, 6) is -1.77. The third kappa shape index (κ3) is 15.6. The average molecular weight is 539 g/mol. The van der Waals surface area contributed by atoms with E-state index in [1.54, 1.807) is 14.0 Å². The van der Waals surface area contributed by atoms with Crippen molar-refractivity contribution >= 4 is 29.5 Å². The molecule has 0 aromatic rings. The van der Waals surface area contributed by atoms with Crippen LogP contribution in [0.25, 0.3) is 10.4 Å². The van der Waals surface area contributed by atoms with Crippen LogP contribution in [0.15, 0.2) is 17.8 Å². The number of nitrogens with one attached hydrogen (secondary N) is 3. The number of carbonyl (C=O) groups excluding carboxylic acids is 5. The van der Waals surface area contributed by atoms with Crippen molar-refractivity contribution < 1.29 is 33.4 Å². The van der Waals surface area contributed by atoms with Crippen molar-refractivity contribution in [3.05, 3.63) is 23.1 Å². The zero-order valence-electron chi connectivity index (χ0n) is 22.7. The highest BCUT2D eigenvalue weighted by Crippen LogP contribution is 2.09. The molecule has 0 aromatic heterocycles. The number of Topliss-reactive ketones (excluding diaryl/α,β-unsaturated/α-hetero) is 1. The molecule has 0 heterocycles. The Labute approximate surface area is 224 Å². The summed E-state index contributed by atoms with van der Waals surface area (Å²) in [6.07, 6.45) is 5.48. The van der Waals surface area contributed by atoms with Gasteiger partial charge in [0.15, 0.2) is 0 Å². The van der Waals surface area contributed by atoms with Crippen molar-refractivity contribution in [1.82, 2.24) is 16.0 Å². The van der Waals surface area contributed by atoms with Crippen molar-refractivity contribution in [2.24, 2.45) is 5.11 Å². The molecule has 0 saturated carbocycles. The highest BCUT2D eigenvalue weighted by Gasteiger charge is 2.25. The fourth-order valence-corrected chi connectivity index (χ4v) is 3.50. The first-order chi connectivity index (χ1) is 18.2. The molecule has 0 radical (unpaired) electrons. The van der Waals surface area contributed by atoms with Crippen LogP contribution in [0.1, 0.15) is 71.1 Å². The minimum absolute atomic E-state index is 0.00249. The third-order valence-corrected chi connectivity index (χ3v) is 5.73.